The number of carbonyl (C=O) groups is 2. The van der Waals surface area contributed by atoms with Gasteiger partial charge < -0.3 is 16.0 Å². The number of rotatable bonds is 7. The van der Waals surface area contributed by atoms with E-state index >= 15 is 0 Å². The highest BCUT2D eigenvalue weighted by Crippen LogP contribution is 2.22. The number of nitrogens with zero attached hydrogens (tertiary/aromatic N) is 2. The maximum atomic E-state index is 12.8. The molecule has 0 aliphatic heterocycles. The van der Waals surface area contributed by atoms with Gasteiger partial charge in [0.05, 0.1) is 11.6 Å². The predicted molar refractivity (Wildman–Crippen MR) is 122 cm³/mol. The first-order valence-corrected chi connectivity index (χ1v) is 10.6. The van der Waals surface area contributed by atoms with E-state index in [9.17, 15) is 9.59 Å². The maximum absolute atomic E-state index is 12.8. The molecule has 3 aromatic rings. The summed E-state index contributed by atoms with van der Waals surface area (Å²) in [4.78, 5) is 30.3. The lowest BCUT2D eigenvalue weighted by molar-refractivity contribution is -0.118. The lowest BCUT2D eigenvalue weighted by atomic mass is 10.0. The molecule has 1 unspecified atom stereocenters. The summed E-state index contributed by atoms with van der Waals surface area (Å²) in [6.45, 7) is 3.73. The van der Waals surface area contributed by atoms with Gasteiger partial charge in [-0.3, -0.25) is 4.79 Å². The number of carbonyl (C=O) groups excluding carboxylic acids is 2. The van der Waals surface area contributed by atoms with Crippen LogP contribution in [0.4, 0.5) is 15.6 Å². The van der Waals surface area contributed by atoms with Gasteiger partial charge in [0.15, 0.2) is 5.13 Å². The molecule has 0 radical (unpaired) electrons. The highest BCUT2D eigenvalue weighted by molar-refractivity contribution is 7.15. The summed E-state index contributed by atoms with van der Waals surface area (Å²) in [5.74, 6) is -0.433. The van der Waals surface area contributed by atoms with Crippen LogP contribution in [0.2, 0.25) is 0 Å². The molecule has 0 saturated heterocycles. The molecule has 7 nitrogen and oxygen atoms in total. The Balaban J connectivity index is 1.59. The van der Waals surface area contributed by atoms with E-state index in [1.165, 1.54) is 11.3 Å². The van der Waals surface area contributed by atoms with Gasteiger partial charge in [0, 0.05) is 23.2 Å². The zero-order valence-corrected chi connectivity index (χ0v) is 18.1. The van der Waals surface area contributed by atoms with Gasteiger partial charge in [0.1, 0.15) is 6.04 Å². The number of aromatic nitrogens is 1. The fourth-order valence-electron chi connectivity index (χ4n) is 2.89. The zero-order valence-electron chi connectivity index (χ0n) is 17.3. The molecule has 0 aliphatic rings. The summed E-state index contributed by atoms with van der Waals surface area (Å²) in [5.41, 5.74) is 2.32. The third-order valence-electron chi connectivity index (χ3n) is 4.51. The number of nitriles is 1. The van der Waals surface area contributed by atoms with E-state index in [0.29, 0.717) is 22.8 Å². The second-order valence-electron chi connectivity index (χ2n) is 7.29. The van der Waals surface area contributed by atoms with Crippen LogP contribution in [0.15, 0.2) is 60.8 Å². The number of anilines is 2. The Hall–Kier alpha value is -3.70. The predicted octanol–water partition coefficient (Wildman–Crippen LogP) is 4.39. The molecule has 1 atom stereocenters. The van der Waals surface area contributed by atoms with Crippen molar-refractivity contribution in [2.45, 2.75) is 26.3 Å². The Morgan fingerprint density at radius 1 is 1.06 bits per heavy atom. The molecule has 158 valence electrons. The van der Waals surface area contributed by atoms with Crippen LogP contribution in [0.1, 0.15) is 29.9 Å². The molecule has 0 bridgehead atoms. The molecule has 0 spiro atoms. The second-order valence-corrected chi connectivity index (χ2v) is 8.41. The van der Waals surface area contributed by atoms with E-state index in [4.69, 9.17) is 5.26 Å². The minimum absolute atomic E-state index is 0.111. The fraction of sp³-hybridized carbons (Fsp3) is 0.217. The van der Waals surface area contributed by atoms with Gasteiger partial charge >= 0.3 is 6.03 Å². The van der Waals surface area contributed by atoms with Gasteiger partial charge in [0.25, 0.3) is 0 Å². The highest BCUT2D eigenvalue weighted by atomic mass is 32.1. The highest BCUT2D eigenvalue weighted by Gasteiger charge is 2.25. The first kappa shape index (κ1) is 22.0. The summed E-state index contributed by atoms with van der Waals surface area (Å²) >= 11 is 1.38. The standard InChI is InChI=1S/C23H23N5O2S/c1-15(2)20(27-22(30)26-18-6-4-3-5-7-18)21(29)28-23-25-14-19(31-23)12-16-8-10-17(13-24)11-9-16/h3-11,14-15,20H,12H2,1-2H3,(H,25,28,29)(H2,26,27,30). The average Bonchev–Trinajstić information content (AvgIpc) is 3.19. The molecule has 1 heterocycles. The molecule has 31 heavy (non-hydrogen) atoms. The zero-order chi connectivity index (χ0) is 22.2. The lowest BCUT2D eigenvalue weighted by Crippen LogP contribution is -2.48. The van der Waals surface area contributed by atoms with Crippen molar-refractivity contribution in [1.29, 1.82) is 5.26 Å². The quantitative estimate of drug-likeness (QED) is 0.514. The van der Waals surface area contributed by atoms with Crippen molar-refractivity contribution in [2.24, 2.45) is 5.92 Å². The van der Waals surface area contributed by atoms with Crippen LogP contribution < -0.4 is 16.0 Å². The van der Waals surface area contributed by atoms with Crippen LogP contribution in [0.25, 0.3) is 0 Å². The topological polar surface area (TPSA) is 107 Å². The smallest absolute Gasteiger partial charge is 0.319 e. The van der Waals surface area contributed by atoms with Crippen LogP contribution in [0, 0.1) is 17.2 Å². The second kappa shape index (κ2) is 10.4. The molecule has 0 fully saturated rings. The van der Waals surface area contributed by atoms with Gasteiger partial charge in [-0.05, 0) is 35.7 Å². The van der Waals surface area contributed by atoms with E-state index in [2.05, 4.69) is 27.0 Å². The summed E-state index contributed by atoms with van der Waals surface area (Å²) in [6.07, 6.45) is 2.38. The average molecular weight is 434 g/mol. The Morgan fingerprint density at radius 3 is 2.42 bits per heavy atom. The first-order chi connectivity index (χ1) is 14.9. The van der Waals surface area contributed by atoms with E-state index in [1.54, 1.807) is 30.5 Å². The van der Waals surface area contributed by atoms with Crippen molar-refractivity contribution < 1.29 is 9.59 Å². The molecule has 0 saturated carbocycles. The number of hydrogen-bond donors (Lipinski definition) is 3. The number of para-hydroxylation sites is 1. The fourth-order valence-corrected chi connectivity index (χ4v) is 3.74. The minimum Gasteiger partial charge on any atom is -0.326 e. The summed E-state index contributed by atoms with van der Waals surface area (Å²) in [6, 6.07) is 17.3. The lowest BCUT2D eigenvalue weighted by Gasteiger charge is -2.21. The van der Waals surface area contributed by atoms with Crippen LogP contribution in [-0.2, 0) is 11.2 Å². The Kier molecular flexibility index (Phi) is 7.35. The van der Waals surface area contributed by atoms with Gasteiger partial charge in [-0.2, -0.15) is 5.26 Å². The third kappa shape index (κ3) is 6.39. The first-order valence-electron chi connectivity index (χ1n) is 9.82. The SMILES string of the molecule is CC(C)C(NC(=O)Nc1ccccc1)C(=O)Nc1ncc(Cc2ccc(C#N)cc2)s1. The summed E-state index contributed by atoms with van der Waals surface area (Å²) < 4.78 is 0. The van der Waals surface area contributed by atoms with Gasteiger partial charge in [-0.25, -0.2) is 9.78 Å². The van der Waals surface area contributed by atoms with Crippen molar-refractivity contribution in [3.63, 3.8) is 0 Å². The summed E-state index contributed by atoms with van der Waals surface area (Å²) in [7, 11) is 0. The number of thiazole rings is 1. The van der Waals surface area contributed by atoms with Crippen molar-refractivity contribution in [2.75, 3.05) is 10.6 Å². The number of hydrogen-bond acceptors (Lipinski definition) is 5. The Morgan fingerprint density at radius 2 is 1.77 bits per heavy atom. The van der Waals surface area contributed by atoms with Crippen molar-refractivity contribution in [3.8, 4) is 6.07 Å². The monoisotopic (exact) mass is 433 g/mol. The van der Waals surface area contributed by atoms with Gasteiger partial charge in [0.2, 0.25) is 5.91 Å². The molecule has 1 aromatic heterocycles. The van der Waals surface area contributed by atoms with Crippen molar-refractivity contribution in [1.82, 2.24) is 10.3 Å². The van der Waals surface area contributed by atoms with Gasteiger partial charge in [-0.1, -0.05) is 44.2 Å². The number of urea groups is 1. The largest absolute Gasteiger partial charge is 0.326 e. The minimum atomic E-state index is -0.713. The third-order valence-corrected chi connectivity index (χ3v) is 5.43. The van der Waals surface area contributed by atoms with Crippen molar-refractivity contribution in [3.05, 3.63) is 76.8 Å². The molecule has 3 N–H and O–H groups in total. The molecule has 8 heteroatoms. The summed E-state index contributed by atoms with van der Waals surface area (Å²) in [5, 5.41) is 17.6. The van der Waals surface area contributed by atoms with Crippen LogP contribution in [-0.4, -0.2) is 23.0 Å². The van der Waals surface area contributed by atoms with E-state index in [-0.39, 0.29) is 11.8 Å². The van der Waals surface area contributed by atoms with E-state index in [1.807, 2.05) is 44.2 Å². The van der Waals surface area contributed by atoms with Crippen molar-refractivity contribution >= 4 is 34.1 Å². The number of benzene rings is 2. The molecule has 3 rings (SSSR count). The normalized spacial score (nSPS) is 11.4. The number of nitrogens with one attached hydrogen (secondary N) is 3. The Labute approximate surface area is 185 Å². The molecule has 0 aliphatic carbocycles. The van der Waals surface area contributed by atoms with Crippen LogP contribution in [0.3, 0.4) is 0 Å². The van der Waals surface area contributed by atoms with Crippen LogP contribution >= 0.6 is 11.3 Å². The van der Waals surface area contributed by atoms with Crippen LogP contribution in [0.5, 0.6) is 0 Å². The Bertz CT molecular complexity index is 1070. The van der Waals surface area contributed by atoms with E-state index < -0.39 is 12.1 Å². The molecular formula is C23H23N5O2S. The van der Waals surface area contributed by atoms with Gasteiger partial charge in [-0.15, -0.1) is 11.3 Å². The number of amides is 3. The molecule has 2 aromatic carbocycles. The van der Waals surface area contributed by atoms with E-state index in [0.717, 1.165) is 10.4 Å². The maximum Gasteiger partial charge on any atom is 0.319 e. The molecule has 3 amide bonds. The molecular weight excluding hydrogens is 410 g/mol.